The third-order valence-corrected chi connectivity index (χ3v) is 6.13. The summed E-state index contributed by atoms with van der Waals surface area (Å²) in [5.74, 6) is -0.642. The van der Waals surface area contributed by atoms with E-state index in [0.717, 1.165) is 40.8 Å². The first-order valence-electron chi connectivity index (χ1n) is 13.1. The molecule has 0 bridgehead atoms. The lowest BCUT2D eigenvalue weighted by Gasteiger charge is -2.34. The van der Waals surface area contributed by atoms with Crippen molar-refractivity contribution in [3.05, 3.63) is 64.7 Å². The van der Waals surface area contributed by atoms with E-state index in [1.165, 1.54) is 0 Å². The zero-order valence-electron chi connectivity index (χ0n) is 23.6. The summed E-state index contributed by atoms with van der Waals surface area (Å²) in [4.78, 5) is 41.6. The van der Waals surface area contributed by atoms with E-state index in [0.29, 0.717) is 13.0 Å². The number of nitrogens with one attached hydrogen (secondary N) is 2. The fourth-order valence-corrected chi connectivity index (χ4v) is 4.10. The number of ether oxygens (including phenoxy) is 1. The lowest BCUT2D eigenvalue weighted by molar-refractivity contribution is -0.140. The number of carbonyl (C=O) groups is 3. The number of rotatable bonds is 10. The van der Waals surface area contributed by atoms with Crippen molar-refractivity contribution in [2.45, 2.75) is 92.3 Å². The molecular weight excluding hydrogens is 466 g/mol. The lowest BCUT2D eigenvalue weighted by atomic mass is 9.99. The minimum atomic E-state index is -0.878. The van der Waals surface area contributed by atoms with Gasteiger partial charge in [-0.2, -0.15) is 0 Å². The van der Waals surface area contributed by atoms with Crippen LogP contribution in [0.3, 0.4) is 0 Å². The second-order valence-corrected chi connectivity index (χ2v) is 10.5. The molecule has 0 heterocycles. The van der Waals surface area contributed by atoms with Gasteiger partial charge in [0.25, 0.3) is 5.91 Å². The molecule has 7 nitrogen and oxygen atoms in total. The molecule has 2 aromatic carbocycles. The van der Waals surface area contributed by atoms with Crippen molar-refractivity contribution in [3.63, 3.8) is 0 Å². The molecular formula is C30H43N3O4. The standard InChI is InChI=1S/C30H43N3O4/c1-9-11-19-33(28(35)22(5)31-29(36)37-30(6,7)8)26(24-17-15-23(10-2)16-18-24)27(34)32-25-20(3)13-12-14-21(25)4/h12-18,22,26H,9-11,19H2,1-8H3,(H,31,36)(H,32,34). The number of alkyl carbamates (subject to hydrolysis) is 1. The zero-order chi connectivity index (χ0) is 27.8. The highest BCUT2D eigenvalue weighted by atomic mass is 16.6. The monoisotopic (exact) mass is 509 g/mol. The maximum absolute atomic E-state index is 13.9. The van der Waals surface area contributed by atoms with Gasteiger partial charge in [0.05, 0.1) is 0 Å². The largest absolute Gasteiger partial charge is 0.444 e. The summed E-state index contributed by atoms with van der Waals surface area (Å²) >= 11 is 0. The fraction of sp³-hybridized carbons (Fsp3) is 0.500. The van der Waals surface area contributed by atoms with Crippen molar-refractivity contribution in [1.29, 1.82) is 0 Å². The Labute approximate surface area is 222 Å². The summed E-state index contributed by atoms with van der Waals surface area (Å²) in [5.41, 5.74) is 3.80. The Balaban J connectivity index is 2.47. The Morgan fingerprint density at radius 1 is 0.973 bits per heavy atom. The molecule has 0 aliphatic heterocycles. The Morgan fingerprint density at radius 3 is 2.08 bits per heavy atom. The summed E-state index contributed by atoms with van der Waals surface area (Å²) in [6.45, 7) is 15.3. The lowest BCUT2D eigenvalue weighted by Crippen LogP contribution is -2.51. The van der Waals surface area contributed by atoms with Crippen LogP contribution in [0.15, 0.2) is 42.5 Å². The molecule has 0 radical (unpaired) electrons. The summed E-state index contributed by atoms with van der Waals surface area (Å²) < 4.78 is 5.34. The molecule has 3 amide bonds. The predicted octanol–water partition coefficient (Wildman–Crippen LogP) is 6.09. The third-order valence-electron chi connectivity index (χ3n) is 6.13. The SMILES string of the molecule is CCCCN(C(=O)C(C)NC(=O)OC(C)(C)C)C(C(=O)Nc1c(C)cccc1C)c1ccc(CC)cc1. The van der Waals surface area contributed by atoms with Crippen LogP contribution >= 0.6 is 0 Å². The van der Waals surface area contributed by atoms with Crippen LogP contribution in [0.4, 0.5) is 10.5 Å². The van der Waals surface area contributed by atoms with Gasteiger partial charge < -0.3 is 20.3 Å². The van der Waals surface area contributed by atoms with Gasteiger partial charge in [0, 0.05) is 12.2 Å². The number of para-hydroxylation sites is 1. The van der Waals surface area contributed by atoms with Crippen molar-refractivity contribution in [1.82, 2.24) is 10.2 Å². The highest BCUT2D eigenvalue weighted by Gasteiger charge is 2.34. The van der Waals surface area contributed by atoms with Gasteiger partial charge in [-0.05, 0) is 76.6 Å². The summed E-state index contributed by atoms with van der Waals surface area (Å²) in [7, 11) is 0. The Morgan fingerprint density at radius 2 is 1.57 bits per heavy atom. The predicted molar refractivity (Wildman–Crippen MR) is 149 cm³/mol. The molecule has 2 rings (SSSR count). The summed E-state index contributed by atoms with van der Waals surface area (Å²) in [6.07, 6.45) is 1.75. The molecule has 0 aliphatic rings. The molecule has 0 spiro atoms. The number of amides is 3. The summed E-state index contributed by atoms with van der Waals surface area (Å²) in [6, 6.07) is 11.9. The molecule has 2 aromatic rings. The normalized spacial score (nSPS) is 12.9. The number of aryl methyl sites for hydroxylation is 3. The average molecular weight is 510 g/mol. The van der Waals surface area contributed by atoms with Crippen molar-refractivity contribution >= 4 is 23.6 Å². The number of hydrogen-bond donors (Lipinski definition) is 2. The van der Waals surface area contributed by atoms with Gasteiger partial charge in [0.2, 0.25) is 5.91 Å². The van der Waals surface area contributed by atoms with Gasteiger partial charge in [-0.15, -0.1) is 0 Å². The molecule has 0 saturated carbocycles. The van der Waals surface area contributed by atoms with E-state index in [4.69, 9.17) is 4.74 Å². The third kappa shape index (κ3) is 8.62. The molecule has 37 heavy (non-hydrogen) atoms. The van der Waals surface area contributed by atoms with E-state index >= 15 is 0 Å². The van der Waals surface area contributed by atoms with E-state index in [1.54, 1.807) is 32.6 Å². The maximum Gasteiger partial charge on any atom is 0.408 e. The van der Waals surface area contributed by atoms with Crippen LogP contribution in [-0.4, -0.2) is 41.0 Å². The van der Waals surface area contributed by atoms with Crippen molar-refractivity contribution < 1.29 is 19.1 Å². The van der Waals surface area contributed by atoms with E-state index in [9.17, 15) is 14.4 Å². The van der Waals surface area contributed by atoms with Gasteiger partial charge in [0.15, 0.2) is 0 Å². The number of benzene rings is 2. The van der Waals surface area contributed by atoms with Gasteiger partial charge >= 0.3 is 6.09 Å². The number of unbranched alkanes of at least 4 members (excludes halogenated alkanes) is 1. The highest BCUT2D eigenvalue weighted by Crippen LogP contribution is 2.27. The molecule has 2 unspecified atom stereocenters. The molecule has 0 saturated heterocycles. The van der Waals surface area contributed by atoms with E-state index in [1.807, 2.05) is 63.2 Å². The number of hydrogen-bond acceptors (Lipinski definition) is 4. The molecule has 0 aliphatic carbocycles. The van der Waals surface area contributed by atoms with Crippen molar-refractivity contribution in [3.8, 4) is 0 Å². The first-order valence-corrected chi connectivity index (χ1v) is 13.1. The number of carbonyl (C=O) groups excluding carboxylic acids is 3. The zero-order valence-corrected chi connectivity index (χ0v) is 23.6. The topological polar surface area (TPSA) is 87.7 Å². The Hall–Kier alpha value is -3.35. The number of nitrogens with zero attached hydrogens (tertiary/aromatic N) is 1. The van der Waals surface area contributed by atoms with Crippen LogP contribution < -0.4 is 10.6 Å². The van der Waals surface area contributed by atoms with E-state index in [2.05, 4.69) is 17.6 Å². The molecule has 202 valence electrons. The average Bonchev–Trinajstić information content (AvgIpc) is 2.82. The molecule has 0 fully saturated rings. The molecule has 7 heteroatoms. The van der Waals surface area contributed by atoms with Gasteiger partial charge in [-0.3, -0.25) is 9.59 Å². The van der Waals surface area contributed by atoms with Crippen LogP contribution in [0.1, 0.15) is 82.7 Å². The molecule has 2 atom stereocenters. The first-order chi connectivity index (χ1) is 17.4. The second-order valence-electron chi connectivity index (χ2n) is 10.5. The van der Waals surface area contributed by atoms with Gasteiger partial charge in [-0.25, -0.2) is 4.79 Å². The quantitative estimate of drug-likeness (QED) is 0.406. The first kappa shape index (κ1) is 29.9. The summed E-state index contributed by atoms with van der Waals surface area (Å²) in [5, 5.41) is 5.72. The minimum Gasteiger partial charge on any atom is -0.444 e. The van der Waals surface area contributed by atoms with E-state index in [-0.39, 0.29) is 11.8 Å². The molecule has 2 N–H and O–H groups in total. The van der Waals surface area contributed by atoms with Crippen molar-refractivity contribution in [2.75, 3.05) is 11.9 Å². The fourth-order valence-electron chi connectivity index (χ4n) is 4.10. The Kier molecular flexibility index (Phi) is 10.7. The van der Waals surface area contributed by atoms with Crippen LogP contribution in [0, 0.1) is 13.8 Å². The second kappa shape index (κ2) is 13.3. The van der Waals surface area contributed by atoms with Crippen LogP contribution in [-0.2, 0) is 20.7 Å². The maximum atomic E-state index is 13.9. The smallest absolute Gasteiger partial charge is 0.408 e. The minimum absolute atomic E-state index is 0.296. The van der Waals surface area contributed by atoms with Gasteiger partial charge in [0.1, 0.15) is 17.7 Å². The van der Waals surface area contributed by atoms with Crippen LogP contribution in [0.5, 0.6) is 0 Å². The highest BCUT2D eigenvalue weighted by molar-refractivity contribution is 5.99. The van der Waals surface area contributed by atoms with E-state index < -0.39 is 23.8 Å². The molecule has 0 aromatic heterocycles. The van der Waals surface area contributed by atoms with Crippen LogP contribution in [0.25, 0.3) is 0 Å². The van der Waals surface area contributed by atoms with Gasteiger partial charge in [-0.1, -0.05) is 62.7 Å². The van der Waals surface area contributed by atoms with Crippen molar-refractivity contribution in [2.24, 2.45) is 0 Å². The van der Waals surface area contributed by atoms with Crippen LogP contribution in [0.2, 0.25) is 0 Å². The Bertz CT molecular complexity index is 1050. The number of anilines is 1.